The van der Waals surface area contributed by atoms with Gasteiger partial charge in [0.25, 0.3) is 5.91 Å². The van der Waals surface area contributed by atoms with Gasteiger partial charge in [-0.2, -0.15) is 0 Å². The van der Waals surface area contributed by atoms with Crippen molar-refractivity contribution in [3.63, 3.8) is 0 Å². The van der Waals surface area contributed by atoms with Crippen LogP contribution in [-0.2, 0) is 20.9 Å². The van der Waals surface area contributed by atoms with E-state index in [1.54, 1.807) is 37.4 Å². The van der Waals surface area contributed by atoms with Gasteiger partial charge in [-0.3, -0.25) is 19.9 Å². The minimum atomic E-state index is -1.33. The molecule has 3 heterocycles. The van der Waals surface area contributed by atoms with Crippen molar-refractivity contribution in [1.29, 1.82) is 0 Å². The topological polar surface area (TPSA) is 118 Å². The molecular weight excluding hydrogens is 378 g/mol. The van der Waals surface area contributed by atoms with E-state index in [0.29, 0.717) is 34.9 Å². The molecule has 2 aromatic rings. The summed E-state index contributed by atoms with van der Waals surface area (Å²) in [6, 6.07) is 5.54. The molecule has 2 aliphatic rings. The first-order chi connectivity index (χ1) is 13.9. The molecule has 2 N–H and O–H groups in total. The molecule has 9 nitrogen and oxygen atoms in total. The Morgan fingerprint density at radius 2 is 2.00 bits per heavy atom. The SMILES string of the molecule is CCOc1ccc(N2C(=O)NC(=O)C(C3OCc4cnc(C)c(O)c43)C2=O)cc1. The molecule has 2 aliphatic heterocycles. The van der Waals surface area contributed by atoms with Crippen LogP contribution in [0, 0.1) is 12.8 Å². The van der Waals surface area contributed by atoms with Crippen LogP contribution < -0.4 is 15.0 Å². The van der Waals surface area contributed by atoms with E-state index in [1.165, 1.54) is 0 Å². The van der Waals surface area contributed by atoms with E-state index >= 15 is 0 Å². The van der Waals surface area contributed by atoms with E-state index in [4.69, 9.17) is 9.47 Å². The molecule has 1 fully saturated rings. The van der Waals surface area contributed by atoms with Crippen LogP contribution in [0.25, 0.3) is 0 Å². The lowest BCUT2D eigenvalue weighted by Crippen LogP contribution is -2.59. The van der Waals surface area contributed by atoms with Gasteiger partial charge >= 0.3 is 6.03 Å². The summed E-state index contributed by atoms with van der Waals surface area (Å²) in [6.45, 7) is 4.05. The molecule has 4 amide bonds. The smallest absolute Gasteiger partial charge is 0.335 e. The molecule has 150 valence electrons. The van der Waals surface area contributed by atoms with Gasteiger partial charge in [0, 0.05) is 17.3 Å². The normalized spacial score (nSPS) is 21.2. The summed E-state index contributed by atoms with van der Waals surface area (Å²) in [5.74, 6) is -2.35. The molecule has 0 saturated carbocycles. The number of hydrogen-bond acceptors (Lipinski definition) is 7. The molecule has 1 aromatic heterocycles. The minimum Gasteiger partial charge on any atom is -0.506 e. The molecule has 2 atom stereocenters. The number of urea groups is 1. The zero-order valence-electron chi connectivity index (χ0n) is 15.8. The molecule has 1 aromatic carbocycles. The molecule has 1 saturated heterocycles. The second-order valence-corrected chi connectivity index (χ2v) is 6.74. The lowest BCUT2D eigenvalue weighted by Gasteiger charge is -2.32. The van der Waals surface area contributed by atoms with Crippen LogP contribution in [0.15, 0.2) is 30.5 Å². The Kier molecular flexibility index (Phi) is 4.67. The van der Waals surface area contributed by atoms with Gasteiger partial charge in [0.2, 0.25) is 5.91 Å². The van der Waals surface area contributed by atoms with Crippen LogP contribution >= 0.6 is 0 Å². The Labute approximate surface area is 166 Å². The number of carbonyl (C=O) groups excluding carboxylic acids is 3. The molecule has 2 unspecified atom stereocenters. The van der Waals surface area contributed by atoms with E-state index in [-0.39, 0.29) is 12.4 Å². The average molecular weight is 397 g/mol. The van der Waals surface area contributed by atoms with Gasteiger partial charge in [0.15, 0.2) is 0 Å². The Balaban J connectivity index is 1.69. The molecule has 0 aliphatic carbocycles. The minimum absolute atomic E-state index is 0.106. The molecule has 0 spiro atoms. The molecule has 0 bridgehead atoms. The van der Waals surface area contributed by atoms with E-state index in [0.717, 1.165) is 4.90 Å². The molecular formula is C20H19N3O6. The summed E-state index contributed by atoms with van der Waals surface area (Å²) in [7, 11) is 0. The van der Waals surface area contributed by atoms with Crippen molar-refractivity contribution >= 4 is 23.5 Å². The first-order valence-corrected chi connectivity index (χ1v) is 9.13. The molecule has 29 heavy (non-hydrogen) atoms. The van der Waals surface area contributed by atoms with Crippen LogP contribution in [0.4, 0.5) is 10.5 Å². The number of nitrogens with zero attached hydrogens (tertiary/aromatic N) is 2. The molecule has 0 radical (unpaired) electrons. The summed E-state index contributed by atoms with van der Waals surface area (Å²) in [4.78, 5) is 43.1. The maximum Gasteiger partial charge on any atom is 0.335 e. The number of imide groups is 2. The van der Waals surface area contributed by atoms with Crippen LogP contribution in [0.2, 0.25) is 0 Å². The van der Waals surface area contributed by atoms with E-state index in [2.05, 4.69) is 10.3 Å². The van der Waals surface area contributed by atoms with E-state index in [9.17, 15) is 19.5 Å². The average Bonchev–Trinajstić information content (AvgIpc) is 3.10. The van der Waals surface area contributed by atoms with E-state index in [1.807, 2.05) is 6.92 Å². The van der Waals surface area contributed by atoms with E-state index < -0.39 is 29.9 Å². The van der Waals surface area contributed by atoms with Crippen LogP contribution in [0.1, 0.15) is 29.8 Å². The third kappa shape index (κ3) is 3.09. The Hall–Kier alpha value is -3.46. The van der Waals surface area contributed by atoms with Gasteiger partial charge in [-0.05, 0) is 38.1 Å². The number of anilines is 1. The predicted octanol–water partition coefficient (Wildman–Crippen LogP) is 1.96. The summed E-state index contributed by atoms with van der Waals surface area (Å²) >= 11 is 0. The fourth-order valence-electron chi connectivity index (χ4n) is 3.57. The van der Waals surface area contributed by atoms with Gasteiger partial charge in [0.05, 0.1) is 24.6 Å². The first-order valence-electron chi connectivity index (χ1n) is 9.13. The number of aryl methyl sites for hydroxylation is 1. The van der Waals surface area contributed by atoms with Gasteiger partial charge in [-0.15, -0.1) is 0 Å². The predicted molar refractivity (Wildman–Crippen MR) is 100 cm³/mol. The number of amides is 4. The third-order valence-electron chi connectivity index (χ3n) is 4.97. The van der Waals surface area contributed by atoms with Crippen molar-refractivity contribution in [1.82, 2.24) is 10.3 Å². The van der Waals surface area contributed by atoms with Gasteiger partial charge < -0.3 is 14.6 Å². The Morgan fingerprint density at radius 3 is 2.69 bits per heavy atom. The summed E-state index contributed by atoms with van der Waals surface area (Å²) in [5.41, 5.74) is 1.61. The highest BCUT2D eigenvalue weighted by atomic mass is 16.5. The van der Waals surface area contributed by atoms with Gasteiger partial charge in [-0.25, -0.2) is 9.69 Å². The van der Waals surface area contributed by atoms with Gasteiger partial charge in [-0.1, -0.05) is 0 Å². The standard InChI is InChI=1S/C20H19N3O6/c1-3-28-13-6-4-12(5-7-13)23-19(26)15(18(25)22-20(23)27)17-14-11(9-29-17)8-21-10(2)16(14)24/h4-8,15,17,24H,3,9H2,1-2H3,(H,22,25,27). The lowest BCUT2D eigenvalue weighted by molar-refractivity contribution is -0.141. The largest absolute Gasteiger partial charge is 0.506 e. The van der Waals surface area contributed by atoms with Crippen molar-refractivity contribution in [2.24, 2.45) is 5.92 Å². The molecule has 9 heteroatoms. The monoisotopic (exact) mass is 397 g/mol. The Bertz CT molecular complexity index is 1000. The van der Waals surface area contributed by atoms with Crippen molar-refractivity contribution in [3.05, 3.63) is 47.3 Å². The number of benzene rings is 1. The van der Waals surface area contributed by atoms with Crippen molar-refractivity contribution in [3.8, 4) is 11.5 Å². The maximum atomic E-state index is 13.2. The summed E-state index contributed by atoms with van der Waals surface area (Å²) < 4.78 is 11.0. The highest BCUT2D eigenvalue weighted by Gasteiger charge is 2.49. The number of carbonyl (C=O) groups is 3. The second-order valence-electron chi connectivity index (χ2n) is 6.74. The maximum absolute atomic E-state index is 13.2. The zero-order chi connectivity index (χ0) is 20.7. The summed E-state index contributed by atoms with van der Waals surface area (Å²) in [5, 5.41) is 12.6. The lowest BCUT2D eigenvalue weighted by atomic mass is 9.90. The Morgan fingerprint density at radius 1 is 1.28 bits per heavy atom. The number of hydrogen-bond donors (Lipinski definition) is 2. The number of fused-ring (bicyclic) bond motifs is 1. The zero-order valence-corrected chi connectivity index (χ0v) is 15.8. The number of barbiturate groups is 1. The van der Waals surface area contributed by atoms with Crippen LogP contribution in [-0.4, -0.2) is 34.5 Å². The van der Waals surface area contributed by atoms with Crippen molar-refractivity contribution in [2.45, 2.75) is 26.6 Å². The molecule has 4 rings (SSSR count). The third-order valence-corrected chi connectivity index (χ3v) is 4.97. The van der Waals surface area contributed by atoms with Crippen molar-refractivity contribution in [2.75, 3.05) is 11.5 Å². The quantitative estimate of drug-likeness (QED) is 0.757. The van der Waals surface area contributed by atoms with Crippen molar-refractivity contribution < 1.29 is 29.0 Å². The number of rotatable bonds is 4. The van der Waals surface area contributed by atoms with Crippen LogP contribution in [0.5, 0.6) is 11.5 Å². The number of aromatic hydroxyl groups is 1. The number of nitrogens with one attached hydrogen (secondary N) is 1. The first kappa shape index (κ1) is 18.9. The fourth-order valence-corrected chi connectivity index (χ4v) is 3.57. The number of ether oxygens (including phenoxy) is 2. The number of pyridine rings is 1. The number of aromatic nitrogens is 1. The highest BCUT2D eigenvalue weighted by molar-refractivity contribution is 6.28. The second kappa shape index (κ2) is 7.17. The fraction of sp³-hybridized carbons (Fsp3) is 0.300. The summed E-state index contributed by atoms with van der Waals surface area (Å²) in [6.07, 6.45) is 0.530. The van der Waals surface area contributed by atoms with Gasteiger partial charge in [0.1, 0.15) is 23.5 Å². The van der Waals surface area contributed by atoms with Crippen LogP contribution in [0.3, 0.4) is 0 Å². The highest BCUT2D eigenvalue weighted by Crippen LogP contribution is 2.43.